The summed E-state index contributed by atoms with van der Waals surface area (Å²) < 4.78 is 1.75. The maximum atomic E-state index is 8.99. The lowest BCUT2D eigenvalue weighted by Crippen LogP contribution is -2.28. The zero-order valence-electron chi connectivity index (χ0n) is 12.5. The number of anilines is 1. The predicted molar refractivity (Wildman–Crippen MR) is 81.4 cm³/mol. The van der Waals surface area contributed by atoms with E-state index >= 15 is 0 Å². The van der Waals surface area contributed by atoms with Crippen molar-refractivity contribution < 1.29 is 5.21 Å². The standard InChI is InChI=1S/C14H20N6O/c1-4-20(9-11-7-5-6-8-16-11)14-12(13(15)18-21)10(2)17-19(14)3/h5-8,21H,4,9H2,1-3H3,(H2,15,18). The van der Waals surface area contributed by atoms with Gasteiger partial charge in [0.2, 0.25) is 0 Å². The van der Waals surface area contributed by atoms with E-state index in [9.17, 15) is 0 Å². The Morgan fingerprint density at radius 1 is 1.48 bits per heavy atom. The third-order valence-electron chi connectivity index (χ3n) is 3.32. The molecule has 2 rings (SSSR count). The molecule has 0 unspecified atom stereocenters. The van der Waals surface area contributed by atoms with E-state index in [1.807, 2.05) is 39.1 Å². The number of hydrogen-bond donors (Lipinski definition) is 2. The van der Waals surface area contributed by atoms with Crippen LogP contribution in [0.1, 0.15) is 23.9 Å². The van der Waals surface area contributed by atoms with Gasteiger partial charge in [-0.15, -0.1) is 0 Å². The first-order chi connectivity index (χ1) is 10.1. The zero-order valence-corrected chi connectivity index (χ0v) is 12.5. The summed E-state index contributed by atoms with van der Waals surface area (Å²) in [6.45, 7) is 5.26. The van der Waals surface area contributed by atoms with E-state index in [0.717, 1.165) is 23.8 Å². The Morgan fingerprint density at radius 2 is 2.24 bits per heavy atom. The molecular formula is C14H20N6O. The fourth-order valence-corrected chi connectivity index (χ4v) is 2.38. The summed E-state index contributed by atoms with van der Waals surface area (Å²) in [7, 11) is 1.84. The Morgan fingerprint density at radius 3 is 2.81 bits per heavy atom. The Kier molecular flexibility index (Phi) is 4.42. The SMILES string of the molecule is CCN(Cc1ccccn1)c1c(/C(N)=N/O)c(C)nn1C. The average Bonchev–Trinajstić information content (AvgIpc) is 2.79. The van der Waals surface area contributed by atoms with Crippen LogP contribution < -0.4 is 10.6 Å². The van der Waals surface area contributed by atoms with Crippen LogP contribution in [0.15, 0.2) is 29.6 Å². The van der Waals surface area contributed by atoms with Crippen LogP contribution in [0.25, 0.3) is 0 Å². The summed E-state index contributed by atoms with van der Waals surface area (Å²) in [4.78, 5) is 6.43. The lowest BCUT2D eigenvalue weighted by molar-refractivity contribution is 0.318. The third-order valence-corrected chi connectivity index (χ3v) is 3.32. The van der Waals surface area contributed by atoms with Crippen molar-refractivity contribution in [2.75, 3.05) is 11.4 Å². The third kappa shape index (κ3) is 2.96. The summed E-state index contributed by atoms with van der Waals surface area (Å²) in [6, 6.07) is 5.81. The smallest absolute Gasteiger partial charge is 0.175 e. The van der Waals surface area contributed by atoms with E-state index in [1.54, 1.807) is 10.9 Å². The second-order valence-electron chi connectivity index (χ2n) is 4.73. The van der Waals surface area contributed by atoms with Gasteiger partial charge in [0.1, 0.15) is 5.82 Å². The molecule has 0 aromatic carbocycles. The number of nitrogens with two attached hydrogens (primary N) is 1. The molecule has 0 atom stereocenters. The van der Waals surface area contributed by atoms with E-state index in [0.29, 0.717) is 12.1 Å². The van der Waals surface area contributed by atoms with Crippen molar-refractivity contribution in [2.45, 2.75) is 20.4 Å². The van der Waals surface area contributed by atoms with Crippen LogP contribution in [0.5, 0.6) is 0 Å². The number of aryl methyl sites for hydroxylation is 2. The highest BCUT2D eigenvalue weighted by Gasteiger charge is 2.21. The topological polar surface area (TPSA) is 92.6 Å². The maximum absolute atomic E-state index is 8.99. The summed E-state index contributed by atoms with van der Waals surface area (Å²) in [5.74, 6) is 0.881. The van der Waals surface area contributed by atoms with E-state index in [4.69, 9.17) is 10.9 Å². The molecule has 0 radical (unpaired) electrons. The summed E-state index contributed by atoms with van der Waals surface area (Å²) >= 11 is 0. The molecule has 2 heterocycles. The Hall–Kier alpha value is -2.57. The average molecular weight is 288 g/mol. The Bertz CT molecular complexity index is 634. The number of aromatic nitrogens is 3. The van der Waals surface area contributed by atoms with Crippen molar-refractivity contribution in [1.29, 1.82) is 0 Å². The molecule has 0 amide bonds. The van der Waals surface area contributed by atoms with E-state index < -0.39 is 0 Å². The summed E-state index contributed by atoms with van der Waals surface area (Å²) in [5.41, 5.74) is 8.12. The van der Waals surface area contributed by atoms with Gasteiger partial charge in [-0.05, 0) is 26.0 Å². The zero-order chi connectivity index (χ0) is 15.4. The first-order valence-corrected chi connectivity index (χ1v) is 6.74. The van der Waals surface area contributed by atoms with Gasteiger partial charge in [-0.1, -0.05) is 11.2 Å². The van der Waals surface area contributed by atoms with Gasteiger partial charge in [0, 0.05) is 19.8 Å². The van der Waals surface area contributed by atoms with Gasteiger partial charge in [-0.3, -0.25) is 9.67 Å². The van der Waals surface area contributed by atoms with Crippen molar-refractivity contribution in [1.82, 2.24) is 14.8 Å². The van der Waals surface area contributed by atoms with Crippen LogP contribution in [0, 0.1) is 6.92 Å². The molecule has 0 bridgehead atoms. The molecule has 2 aromatic heterocycles. The molecule has 0 saturated heterocycles. The van der Waals surface area contributed by atoms with Gasteiger partial charge < -0.3 is 15.8 Å². The number of rotatable bonds is 5. The van der Waals surface area contributed by atoms with Gasteiger partial charge in [0.05, 0.1) is 23.5 Å². The van der Waals surface area contributed by atoms with Gasteiger partial charge in [0.25, 0.3) is 0 Å². The van der Waals surface area contributed by atoms with Crippen molar-refractivity contribution in [3.05, 3.63) is 41.3 Å². The van der Waals surface area contributed by atoms with E-state index in [1.165, 1.54) is 0 Å². The second kappa shape index (κ2) is 6.25. The van der Waals surface area contributed by atoms with Crippen molar-refractivity contribution in [2.24, 2.45) is 17.9 Å². The van der Waals surface area contributed by atoms with Crippen LogP contribution in [0.2, 0.25) is 0 Å². The lowest BCUT2D eigenvalue weighted by atomic mass is 10.2. The molecule has 3 N–H and O–H groups in total. The normalized spacial score (nSPS) is 11.7. The Labute approximate surface area is 123 Å². The highest BCUT2D eigenvalue weighted by Crippen LogP contribution is 2.24. The molecule has 7 heteroatoms. The molecule has 0 saturated carbocycles. The van der Waals surface area contributed by atoms with Crippen LogP contribution >= 0.6 is 0 Å². The number of pyridine rings is 1. The molecule has 2 aromatic rings. The van der Waals surface area contributed by atoms with Crippen LogP contribution in [0.3, 0.4) is 0 Å². The molecule has 0 aliphatic carbocycles. The van der Waals surface area contributed by atoms with Crippen LogP contribution in [-0.2, 0) is 13.6 Å². The van der Waals surface area contributed by atoms with Crippen LogP contribution in [0.4, 0.5) is 5.82 Å². The molecular weight excluding hydrogens is 268 g/mol. The fourth-order valence-electron chi connectivity index (χ4n) is 2.38. The molecule has 0 spiro atoms. The van der Waals surface area contributed by atoms with Gasteiger partial charge >= 0.3 is 0 Å². The number of amidine groups is 1. The molecule has 21 heavy (non-hydrogen) atoms. The molecule has 0 fully saturated rings. The molecule has 0 aliphatic heterocycles. The second-order valence-corrected chi connectivity index (χ2v) is 4.73. The minimum absolute atomic E-state index is 0.0649. The van der Waals surface area contributed by atoms with E-state index in [-0.39, 0.29) is 5.84 Å². The quantitative estimate of drug-likeness (QED) is 0.374. The first-order valence-electron chi connectivity index (χ1n) is 6.74. The van der Waals surface area contributed by atoms with E-state index in [2.05, 4.69) is 20.1 Å². The molecule has 0 aliphatic rings. The minimum Gasteiger partial charge on any atom is -0.409 e. The van der Waals surface area contributed by atoms with Crippen molar-refractivity contribution in [3.8, 4) is 0 Å². The summed E-state index contributed by atoms with van der Waals surface area (Å²) in [6.07, 6.45) is 1.77. The molecule has 7 nitrogen and oxygen atoms in total. The molecule has 112 valence electrons. The highest BCUT2D eigenvalue weighted by atomic mass is 16.4. The van der Waals surface area contributed by atoms with Gasteiger partial charge in [-0.2, -0.15) is 5.10 Å². The highest BCUT2D eigenvalue weighted by molar-refractivity contribution is 6.02. The fraction of sp³-hybridized carbons (Fsp3) is 0.357. The summed E-state index contributed by atoms with van der Waals surface area (Å²) in [5, 5.41) is 16.5. The number of hydrogen-bond acceptors (Lipinski definition) is 5. The minimum atomic E-state index is 0.0649. The maximum Gasteiger partial charge on any atom is 0.175 e. The largest absolute Gasteiger partial charge is 0.409 e. The Balaban J connectivity index is 2.43. The van der Waals surface area contributed by atoms with Crippen LogP contribution in [-0.4, -0.2) is 32.4 Å². The monoisotopic (exact) mass is 288 g/mol. The van der Waals surface area contributed by atoms with Crippen molar-refractivity contribution >= 4 is 11.7 Å². The van der Waals surface area contributed by atoms with Crippen molar-refractivity contribution in [3.63, 3.8) is 0 Å². The van der Waals surface area contributed by atoms with Gasteiger partial charge in [-0.25, -0.2) is 0 Å². The first kappa shape index (κ1) is 14.8. The van der Waals surface area contributed by atoms with Gasteiger partial charge in [0.15, 0.2) is 5.84 Å². The lowest BCUT2D eigenvalue weighted by Gasteiger charge is -2.23. The number of oxime groups is 1. The number of nitrogens with zero attached hydrogens (tertiary/aromatic N) is 5. The predicted octanol–water partition coefficient (Wildman–Crippen LogP) is 1.24.